The Bertz CT molecular complexity index is 479. The van der Waals surface area contributed by atoms with Crippen molar-refractivity contribution in [1.82, 2.24) is 0 Å². The van der Waals surface area contributed by atoms with Crippen molar-refractivity contribution in [2.24, 2.45) is 0 Å². The van der Waals surface area contributed by atoms with Gasteiger partial charge < -0.3 is 9.47 Å². The van der Waals surface area contributed by atoms with E-state index in [9.17, 15) is 8.42 Å². The molecule has 0 fully saturated rings. The lowest BCUT2D eigenvalue weighted by atomic mass is 10.2. The fourth-order valence-electron chi connectivity index (χ4n) is 1.42. The molecule has 0 saturated heterocycles. The van der Waals surface area contributed by atoms with Crippen LogP contribution in [0.4, 0.5) is 0 Å². The Kier molecular flexibility index (Phi) is 7.15. The second kappa shape index (κ2) is 8.36. The monoisotopic (exact) mass is 302 g/mol. The number of aryl methyl sites for hydroxylation is 1. The predicted molar refractivity (Wildman–Crippen MR) is 76.2 cm³/mol. The molecule has 0 saturated carbocycles. The van der Waals surface area contributed by atoms with Crippen LogP contribution in [0.25, 0.3) is 0 Å². The summed E-state index contributed by atoms with van der Waals surface area (Å²) in [7, 11) is -3.69. The van der Waals surface area contributed by atoms with Crippen LogP contribution in [0.3, 0.4) is 0 Å². The zero-order chi connectivity index (χ0) is 15.0. The molecule has 0 aliphatic carbocycles. The SMILES string of the molecule is Cc1ccc(S(=O)(=O)OCCOCCOC(C)C)cc1. The van der Waals surface area contributed by atoms with E-state index < -0.39 is 10.1 Å². The van der Waals surface area contributed by atoms with E-state index in [-0.39, 0.29) is 24.2 Å². The first-order chi connectivity index (χ1) is 9.42. The van der Waals surface area contributed by atoms with Crippen molar-refractivity contribution in [3.63, 3.8) is 0 Å². The van der Waals surface area contributed by atoms with Crippen LogP contribution in [0.15, 0.2) is 29.2 Å². The summed E-state index contributed by atoms with van der Waals surface area (Å²) in [4.78, 5) is 0.159. The summed E-state index contributed by atoms with van der Waals surface area (Å²) in [5, 5.41) is 0. The minimum absolute atomic E-state index is 0.00209. The minimum Gasteiger partial charge on any atom is -0.377 e. The van der Waals surface area contributed by atoms with Crippen LogP contribution in [0.5, 0.6) is 0 Å². The van der Waals surface area contributed by atoms with Crippen molar-refractivity contribution in [2.45, 2.75) is 31.8 Å². The number of benzene rings is 1. The van der Waals surface area contributed by atoms with Crippen molar-refractivity contribution in [3.8, 4) is 0 Å². The first-order valence-corrected chi connectivity index (χ1v) is 7.98. The van der Waals surface area contributed by atoms with Crippen LogP contribution in [-0.2, 0) is 23.8 Å². The van der Waals surface area contributed by atoms with E-state index in [1.807, 2.05) is 20.8 Å². The maximum Gasteiger partial charge on any atom is 0.297 e. The van der Waals surface area contributed by atoms with E-state index in [1.165, 1.54) is 12.1 Å². The van der Waals surface area contributed by atoms with Crippen molar-refractivity contribution in [2.75, 3.05) is 26.4 Å². The van der Waals surface area contributed by atoms with Crippen molar-refractivity contribution < 1.29 is 22.1 Å². The third kappa shape index (κ3) is 6.47. The average Bonchev–Trinajstić information content (AvgIpc) is 2.37. The molecule has 1 rings (SSSR count). The third-order valence-corrected chi connectivity index (χ3v) is 3.78. The molecular weight excluding hydrogens is 280 g/mol. The number of ether oxygens (including phenoxy) is 2. The summed E-state index contributed by atoms with van der Waals surface area (Å²) in [6.45, 7) is 6.90. The molecule has 0 radical (unpaired) electrons. The van der Waals surface area contributed by atoms with E-state index in [0.29, 0.717) is 13.2 Å². The van der Waals surface area contributed by atoms with Crippen molar-refractivity contribution in [3.05, 3.63) is 29.8 Å². The second-order valence-electron chi connectivity index (χ2n) is 4.62. The molecular formula is C14H22O5S. The Morgan fingerprint density at radius 3 is 2.20 bits per heavy atom. The predicted octanol–water partition coefficient (Wildman–Crippen LogP) is 2.14. The zero-order valence-corrected chi connectivity index (χ0v) is 13.0. The molecule has 0 aromatic heterocycles. The zero-order valence-electron chi connectivity index (χ0n) is 12.2. The summed E-state index contributed by atoms with van der Waals surface area (Å²) in [6.07, 6.45) is 0.164. The maximum atomic E-state index is 11.8. The number of hydrogen-bond acceptors (Lipinski definition) is 5. The molecule has 0 bridgehead atoms. The van der Waals surface area contributed by atoms with Crippen LogP contribution < -0.4 is 0 Å². The standard InChI is InChI=1S/C14H22O5S/c1-12(2)18-10-8-17-9-11-19-20(15,16)14-6-4-13(3)5-7-14/h4-7,12H,8-11H2,1-3H3. The van der Waals surface area contributed by atoms with Crippen molar-refractivity contribution in [1.29, 1.82) is 0 Å². The number of hydrogen-bond donors (Lipinski definition) is 0. The van der Waals surface area contributed by atoms with Crippen LogP contribution in [-0.4, -0.2) is 40.9 Å². The molecule has 0 atom stereocenters. The topological polar surface area (TPSA) is 61.8 Å². The molecule has 0 N–H and O–H groups in total. The molecule has 5 nitrogen and oxygen atoms in total. The lowest BCUT2D eigenvalue weighted by Gasteiger charge is -2.09. The van der Waals surface area contributed by atoms with Gasteiger partial charge in [0, 0.05) is 0 Å². The molecule has 1 aromatic rings. The van der Waals surface area contributed by atoms with Gasteiger partial charge in [-0.1, -0.05) is 17.7 Å². The first kappa shape index (κ1) is 17.1. The van der Waals surface area contributed by atoms with Crippen molar-refractivity contribution >= 4 is 10.1 Å². The molecule has 0 spiro atoms. The fourth-order valence-corrected chi connectivity index (χ4v) is 2.31. The van der Waals surface area contributed by atoms with E-state index in [4.69, 9.17) is 13.7 Å². The van der Waals surface area contributed by atoms with E-state index in [1.54, 1.807) is 12.1 Å². The molecule has 0 heterocycles. The summed E-state index contributed by atoms with van der Waals surface area (Å²) >= 11 is 0. The van der Waals surface area contributed by atoms with E-state index in [0.717, 1.165) is 5.56 Å². The highest BCUT2D eigenvalue weighted by molar-refractivity contribution is 7.86. The number of rotatable bonds is 9. The molecule has 0 unspecified atom stereocenters. The Hall–Kier alpha value is -0.950. The van der Waals surface area contributed by atoms with Gasteiger partial charge in [0.25, 0.3) is 10.1 Å². The largest absolute Gasteiger partial charge is 0.377 e. The molecule has 0 amide bonds. The molecule has 0 aliphatic rings. The van der Waals surface area contributed by atoms with Gasteiger partial charge in [0.2, 0.25) is 0 Å². The molecule has 0 aliphatic heterocycles. The van der Waals surface area contributed by atoms with Gasteiger partial charge in [-0.2, -0.15) is 8.42 Å². The van der Waals surface area contributed by atoms with Crippen LogP contribution in [0, 0.1) is 6.92 Å². The Morgan fingerprint density at radius 2 is 1.60 bits per heavy atom. The molecule has 20 heavy (non-hydrogen) atoms. The van der Waals surface area contributed by atoms with Gasteiger partial charge in [-0.3, -0.25) is 4.18 Å². The van der Waals surface area contributed by atoms with Gasteiger partial charge >= 0.3 is 0 Å². The Labute approximate surface area is 121 Å². The Balaban J connectivity index is 2.25. The van der Waals surface area contributed by atoms with Gasteiger partial charge in [-0.25, -0.2) is 0 Å². The summed E-state index contributed by atoms with van der Waals surface area (Å²) < 4.78 is 39.0. The highest BCUT2D eigenvalue weighted by atomic mass is 32.2. The van der Waals surface area contributed by atoms with Gasteiger partial charge in [-0.15, -0.1) is 0 Å². The summed E-state index contributed by atoms with van der Waals surface area (Å²) in [6, 6.07) is 6.52. The summed E-state index contributed by atoms with van der Waals surface area (Å²) in [5.74, 6) is 0. The highest BCUT2D eigenvalue weighted by Gasteiger charge is 2.14. The molecule has 1 aromatic carbocycles. The Morgan fingerprint density at radius 1 is 1.00 bits per heavy atom. The fraction of sp³-hybridized carbons (Fsp3) is 0.571. The third-order valence-electron chi connectivity index (χ3n) is 2.45. The average molecular weight is 302 g/mol. The second-order valence-corrected chi connectivity index (χ2v) is 6.24. The molecule has 114 valence electrons. The maximum absolute atomic E-state index is 11.8. The minimum atomic E-state index is -3.69. The van der Waals surface area contributed by atoms with Crippen LogP contribution in [0.1, 0.15) is 19.4 Å². The highest BCUT2D eigenvalue weighted by Crippen LogP contribution is 2.12. The van der Waals surface area contributed by atoms with Gasteiger partial charge in [-0.05, 0) is 32.9 Å². The van der Waals surface area contributed by atoms with Crippen LogP contribution in [0.2, 0.25) is 0 Å². The summed E-state index contributed by atoms with van der Waals surface area (Å²) in [5.41, 5.74) is 0.998. The van der Waals surface area contributed by atoms with Gasteiger partial charge in [0.15, 0.2) is 0 Å². The first-order valence-electron chi connectivity index (χ1n) is 6.57. The lowest BCUT2D eigenvalue weighted by Crippen LogP contribution is -2.14. The van der Waals surface area contributed by atoms with E-state index >= 15 is 0 Å². The van der Waals surface area contributed by atoms with Gasteiger partial charge in [0.05, 0.1) is 37.4 Å². The smallest absolute Gasteiger partial charge is 0.297 e. The van der Waals surface area contributed by atoms with Crippen LogP contribution >= 0.6 is 0 Å². The lowest BCUT2D eigenvalue weighted by molar-refractivity contribution is 0.0129. The normalized spacial score (nSPS) is 12.0. The quantitative estimate of drug-likeness (QED) is 0.516. The molecule has 6 heteroatoms. The van der Waals surface area contributed by atoms with Gasteiger partial charge in [0.1, 0.15) is 0 Å². The van der Waals surface area contributed by atoms with E-state index in [2.05, 4.69) is 0 Å².